The smallest absolute Gasteiger partial charge is 0.331 e. The van der Waals surface area contributed by atoms with Crippen molar-refractivity contribution in [3.8, 4) is 17.2 Å². The molecule has 0 amide bonds. The summed E-state index contributed by atoms with van der Waals surface area (Å²) in [4.78, 5) is 33.8. The van der Waals surface area contributed by atoms with E-state index in [9.17, 15) is 14.4 Å². The molecule has 0 atom stereocenters. The van der Waals surface area contributed by atoms with E-state index < -0.39 is 17.9 Å². The van der Waals surface area contributed by atoms with Crippen LogP contribution in [0.5, 0.6) is 17.2 Å². The predicted octanol–water partition coefficient (Wildman–Crippen LogP) is 3.82. The summed E-state index contributed by atoms with van der Waals surface area (Å²) in [6.07, 6.45) is 6.35. The van der Waals surface area contributed by atoms with Crippen molar-refractivity contribution >= 4 is 30.1 Å². The SMILES string of the molecule is COc1cc(/C=C/COC(=O)/C=C/c2ccc(OC(C)=O)cc2)ccc1OC(C)=O. The Morgan fingerprint density at radius 3 is 2.13 bits per heavy atom. The Hall–Kier alpha value is -3.87. The van der Waals surface area contributed by atoms with Crippen LogP contribution >= 0.6 is 0 Å². The average Bonchev–Trinajstić information content (AvgIpc) is 2.70. The Morgan fingerprint density at radius 1 is 0.833 bits per heavy atom. The van der Waals surface area contributed by atoms with Gasteiger partial charge in [0.15, 0.2) is 11.5 Å². The van der Waals surface area contributed by atoms with E-state index in [1.54, 1.807) is 60.7 Å². The van der Waals surface area contributed by atoms with E-state index in [-0.39, 0.29) is 6.61 Å². The molecule has 0 spiro atoms. The van der Waals surface area contributed by atoms with E-state index in [2.05, 4.69) is 0 Å². The molecule has 7 nitrogen and oxygen atoms in total. The molecule has 7 heteroatoms. The van der Waals surface area contributed by atoms with Gasteiger partial charge in [-0.3, -0.25) is 9.59 Å². The Kier molecular flexibility index (Phi) is 8.38. The molecule has 0 aliphatic carbocycles. The zero-order valence-electron chi connectivity index (χ0n) is 16.9. The summed E-state index contributed by atoms with van der Waals surface area (Å²) in [6.45, 7) is 2.73. The fraction of sp³-hybridized carbons (Fsp3) is 0.174. The second kappa shape index (κ2) is 11.2. The fourth-order valence-electron chi connectivity index (χ4n) is 2.37. The summed E-state index contributed by atoms with van der Waals surface area (Å²) in [6, 6.07) is 11.8. The molecule has 0 heterocycles. The molecule has 0 aromatic heterocycles. The number of carbonyl (C=O) groups is 3. The molecule has 0 saturated carbocycles. The van der Waals surface area contributed by atoms with Crippen molar-refractivity contribution in [2.24, 2.45) is 0 Å². The van der Waals surface area contributed by atoms with E-state index in [4.69, 9.17) is 18.9 Å². The van der Waals surface area contributed by atoms with Crippen molar-refractivity contribution in [2.45, 2.75) is 13.8 Å². The third-order valence-corrected chi connectivity index (χ3v) is 3.63. The van der Waals surface area contributed by atoms with E-state index >= 15 is 0 Å². The minimum absolute atomic E-state index is 0.0859. The molecule has 0 aliphatic rings. The molecule has 0 N–H and O–H groups in total. The molecule has 0 saturated heterocycles. The zero-order valence-corrected chi connectivity index (χ0v) is 16.9. The Morgan fingerprint density at radius 2 is 1.50 bits per heavy atom. The van der Waals surface area contributed by atoms with E-state index in [0.29, 0.717) is 17.2 Å². The monoisotopic (exact) mass is 410 g/mol. The lowest BCUT2D eigenvalue weighted by atomic mass is 10.2. The minimum Gasteiger partial charge on any atom is -0.493 e. The summed E-state index contributed by atoms with van der Waals surface area (Å²) in [5, 5.41) is 0. The lowest BCUT2D eigenvalue weighted by Gasteiger charge is -2.08. The fourth-order valence-corrected chi connectivity index (χ4v) is 2.37. The summed E-state index contributed by atoms with van der Waals surface area (Å²) < 4.78 is 20.3. The molecule has 0 radical (unpaired) electrons. The number of ether oxygens (including phenoxy) is 4. The van der Waals surface area contributed by atoms with Gasteiger partial charge in [0, 0.05) is 19.9 Å². The molecule has 2 rings (SSSR count). The molecule has 2 aromatic rings. The highest BCUT2D eigenvalue weighted by atomic mass is 16.6. The van der Waals surface area contributed by atoms with Crippen LogP contribution in [0.1, 0.15) is 25.0 Å². The maximum atomic E-state index is 11.8. The van der Waals surface area contributed by atoms with Crippen LogP contribution in [0.3, 0.4) is 0 Å². The highest BCUT2D eigenvalue weighted by Gasteiger charge is 2.07. The Bertz CT molecular complexity index is 956. The maximum absolute atomic E-state index is 11.8. The van der Waals surface area contributed by atoms with Gasteiger partial charge < -0.3 is 18.9 Å². The average molecular weight is 410 g/mol. The van der Waals surface area contributed by atoms with Gasteiger partial charge in [-0.2, -0.15) is 0 Å². The number of rotatable bonds is 8. The Labute approximate surface area is 174 Å². The summed E-state index contributed by atoms with van der Waals surface area (Å²) in [7, 11) is 1.48. The molecule has 30 heavy (non-hydrogen) atoms. The zero-order chi connectivity index (χ0) is 21.9. The van der Waals surface area contributed by atoms with Crippen LogP contribution in [0, 0.1) is 0 Å². The second-order valence-electron chi connectivity index (χ2n) is 6.03. The van der Waals surface area contributed by atoms with Gasteiger partial charge in [0.1, 0.15) is 12.4 Å². The molecule has 0 aliphatic heterocycles. The number of carbonyl (C=O) groups excluding carboxylic acids is 3. The molecule has 0 fully saturated rings. The van der Waals surface area contributed by atoms with Gasteiger partial charge in [-0.05, 0) is 47.5 Å². The molecular formula is C23H22O7. The third kappa shape index (κ3) is 7.63. The lowest BCUT2D eigenvalue weighted by molar-refractivity contribution is -0.136. The number of esters is 3. The highest BCUT2D eigenvalue weighted by molar-refractivity contribution is 5.87. The van der Waals surface area contributed by atoms with Gasteiger partial charge in [0.25, 0.3) is 0 Å². The number of benzene rings is 2. The first-order chi connectivity index (χ1) is 14.4. The largest absolute Gasteiger partial charge is 0.493 e. The van der Waals surface area contributed by atoms with E-state index in [1.807, 2.05) is 0 Å². The summed E-state index contributed by atoms with van der Waals surface area (Å²) in [5.41, 5.74) is 1.56. The van der Waals surface area contributed by atoms with Crippen molar-refractivity contribution in [3.63, 3.8) is 0 Å². The number of methoxy groups -OCH3 is 1. The van der Waals surface area contributed by atoms with Crippen LogP contribution in [0.15, 0.2) is 54.6 Å². The highest BCUT2D eigenvalue weighted by Crippen LogP contribution is 2.28. The van der Waals surface area contributed by atoms with Gasteiger partial charge in [0.05, 0.1) is 7.11 Å². The van der Waals surface area contributed by atoms with Crippen LogP contribution in [-0.4, -0.2) is 31.6 Å². The molecule has 156 valence electrons. The van der Waals surface area contributed by atoms with E-state index in [1.165, 1.54) is 27.0 Å². The van der Waals surface area contributed by atoms with Crippen molar-refractivity contribution in [1.82, 2.24) is 0 Å². The first kappa shape index (κ1) is 22.4. The van der Waals surface area contributed by atoms with Gasteiger partial charge in [-0.1, -0.05) is 24.3 Å². The summed E-state index contributed by atoms with van der Waals surface area (Å²) >= 11 is 0. The summed E-state index contributed by atoms with van der Waals surface area (Å²) in [5.74, 6) is -0.131. The normalized spacial score (nSPS) is 10.8. The maximum Gasteiger partial charge on any atom is 0.331 e. The predicted molar refractivity (Wildman–Crippen MR) is 111 cm³/mol. The van der Waals surface area contributed by atoms with E-state index in [0.717, 1.165) is 11.1 Å². The standard InChI is InChI=1S/C23H22O7/c1-16(24)29-20-10-6-18(7-11-20)9-13-23(26)28-14-4-5-19-8-12-21(30-17(2)25)22(15-19)27-3/h4-13,15H,14H2,1-3H3/b5-4+,13-9+. The van der Waals surface area contributed by atoms with Gasteiger partial charge in [0.2, 0.25) is 0 Å². The molecule has 0 bridgehead atoms. The molecule has 0 unspecified atom stereocenters. The van der Waals surface area contributed by atoms with Crippen LogP contribution in [0.25, 0.3) is 12.2 Å². The van der Waals surface area contributed by atoms with Crippen molar-refractivity contribution in [3.05, 3.63) is 65.7 Å². The minimum atomic E-state index is -0.494. The number of hydrogen-bond donors (Lipinski definition) is 0. The number of hydrogen-bond acceptors (Lipinski definition) is 7. The van der Waals surface area contributed by atoms with Crippen LogP contribution in [-0.2, 0) is 19.1 Å². The first-order valence-corrected chi connectivity index (χ1v) is 9.03. The lowest BCUT2D eigenvalue weighted by Crippen LogP contribution is -2.03. The van der Waals surface area contributed by atoms with Crippen LogP contribution < -0.4 is 14.2 Å². The second-order valence-corrected chi connectivity index (χ2v) is 6.03. The Balaban J connectivity index is 1.85. The van der Waals surface area contributed by atoms with Crippen molar-refractivity contribution < 1.29 is 33.3 Å². The van der Waals surface area contributed by atoms with Gasteiger partial charge in [-0.15, -0.1) is 0 Å². The quantitative estimate of drug-likeness (QED) is 0.371. The van der Waals surface area contributed by atoms with Crippen LogP contribution in [0.4, 0.5) is 0 Å². The van der Waals surface area contributed by atoms with Crippen molar-refractivity contribution in [2.75, 3.05) is 13.7 Å². The third-order valence-electron chi connectivity index (χ3n) is 3.63. The van der Waals surface area contributed by atoms with Crippen molar-refractivity contribution in [1.29, 1.82) is 0 Å². The molecular weight excluding hydrogens is 388 g/mol. The van der Waals surface area contributed by atoms with Crippen LogP contribution in [0.2, 0.25) is 0 Å². The molecule has 2 aromatic carbocycles. The topological polar surface area (TPSA) is 88.1 Å². The van der Waals surface area contributed by atoms with Gasteiger partial charge >= 0.3 is 17.9 Å². The van der Waals surface area contributed by atoms with Gasteiger partial charge in [-0.25, -0.2) is 4.79 Å². The first-order valence-electron chi connectivity index (χ1n) is 9.03.